The predicted molar refractivity (Wildman–Crippen MR) is 133 cm³/mol. The molecular formula is C25H30N4O4S2. The monoisotopic (exact) mass is 514 g/mol. The highest BCUT2D eigenvalue weighted by molar-refractivity contribution is 7.89. The van der Waals surface area contributed by atoms with E-state index in [1.165, 1.54) is 27.6 Å². The van der Waals surface area contributed by atoms with Gasteiger partial charge in [-0.3, -0.25) is 4.79 Å². The van der Waals surface area contributed by atoms with Gasteiger partial charge in [-0.2, -0.15) is 9.29 Å². The van der Waals surface area contributed by atoms with Crippen molar-refractivity contribution < 1.29 is 17.7 Å². The molecule has 3 aromatic rings. The van der Waals surface area contributed by atoms with Gasteiger partial charge in [0.15, 0.2) is 0 Å². The van der Waals surface area contributed by atoms with Crippen LogP contribution in [-0.4, -0.2) is 41.9 Å². The lowest BCUT2D eigenvalue weighted by molar-refractivity contribution is -0.126. The maximum atomic E-state index is 13.5. The Balaban J connectivity index is 1.27. The van der Waals surface area contributed by atoms with Crippen molar-refractivity contribution in [1.82, 2.24) is 19.8 Å². The third-order valence-electron chi connectivity index (χ3n) is 6.95. The molecule has 1 saturated carbocycles. The van der Waals surface area contributed by atoms with Crippen molar-refractivity contribution in [1.29, 1.82) is 0 Å². The Kier molecular flexibility index (Phi) is 6.78. The first-order valence-electron chi connectivity index (χ1n) is 12.1. The third kappa shape index (κ3) is 5.05. The number of piperidine rings is 1. The van der Waals surface area contributed by atoms with Crippen LogP contribution >= 0.6 is 11.3 Å². The van der Waals surface area contributed by atoms with Crippen molar-refractivity contribution in [2.45, 2.75) is 63.3 Å². The second kappa shape index (κ2) is 9.83. The molecule has 0 bridgehead atoms. The summed E-state index contributed by atoms with van der Waals surface area (Å²) in [4.78, 5) is 19.0. The van der Waals surface area contributed by atoms with Crippen LogP contribution in [0.5, 0.6) is 0 Å². The minimum atomic E-state index is -3.74. The van der Waals surface area contributed by atoms with Crippen LogP contribution in [0, 0.1) is 19.8 Å². The number of carbonyl (C=O) groups excluding carboxylic acids is 1. The summed E-state index contributed by atoms with van der Waals surface area (Å²) in [7, 11) is -3.74. The van der Waals surface area contributed by atoms with Gasteiger partial charge in [0.25, 0.3) is 0 Å². The molecule has 1 atom stereocenters. The standard InChI is InChI=1S/C25H30N4O4S2/c1-16-8-10-18(11-9-16)14-26-24(30)20-7-4-12-29(15-20)35(31,32)22-13-21(34-17(22)2)23-27-25(33-28-23)19-5-3-6-19/h8-11,13,19-20H,3-7,12,14-15H2,1-2H3,(H,26,30)/t20-/m1/s1. The van der Waals surface area contributed by atoms with E-state index in [2.05, 4.69) is 15.5 Å². The summed E-state index contributed by atoms with van der Waals surface area (Å²) in [6, 6.07) is 9.64. The molecule has 0 radical (unpaired) electrons. The zero-order chi connectivity index (χ0) is 24.6. The van der Waals surface area contributed by atoms with Gasteiger partial charge in [-0.15, -0.1) is 11.3 Å². The average molecular weight is 515 g/mol. The van der Waals surface area contributed by atoms with E-state index < -0.39 is 10.0 Å². The molecule has 10 heteroatoms. The molecule has 2 fully saturated rings. The SMILES string of the molecule is Cc1ccc(CNC(=O)[C@@H]2CCCN(S(=O)(=O)c3cc(-c4noc(C5CCC5)n4)sc3C)C2)cc1. The van der Waals surface area contributed by atoms with Gasteiger partial charge in [0.05, 0.1) is 15.7 Å². The number of nitrogens with one attached hydrogen (secondary N) is 1. The molecule has 1 aliphatic heterocycles. The molecule has 1 amide bonds. The fraction of sp³-hybridized carbons (Fsp3) is 0.480. The van der Waals surface area contributed by atoms with Crippen molar-refractivity contribution in [3.05, 3.63) is 52.2 Å². The lowest BCUT2D eigenvalue weighted by Gasteiger charge is -2.31. The molecule has 2 aliphatic rings. The van der Waals surface area contributed by atoms with E-state index >= 15 is 0 Å². The van der Waals surface area contributed by atoms with Gasteiger partial charge >= 0.3 is 0 Å². The summed E-state index contributed by atoms with van der Waals surface area (Å²) in [6.45, 7) is 4.84. The number of amides is 1. The predicted octanol–water partition coefficient (Wildman–Crippen LogP) is 4.40. The normalized spacial score (nSPS) is 19.4. The molecule has 1 aliphatic carbocycles. The second-order valence-electron chi connectivity index (χ2n) is 9.52. The fourth-order valence-electron chi connectivity index (χ4n) is 4.54. The smallest absolute Gasteiger partial charge is 0.244 e. The molecule has 0 unspecified atom stereocenters. The number of hydrogen-bond acceptors (Lipinski definition) is 7. The fourth-order valence-corrected chi connectivity index (χ4v) is 7.55. The lowest BCUT2D eigenvalue weighted by Crippen LogP contribution is -2.45. The molecule has 5 rings (SSSR count). The number of sulfonamides is 1. The van der Waals surface area contributed by atoms with Gasteiger partial charge in [0, 0.05) is 30.4 Å². The first kappa shape index (κ1) is 24.1. The van der Waals surface area contributed by atoms with Crippen LogP contribution in [0.2, 0.25) is 0 Å². The molecule has 1 N–H and O–H groups in total. The van der Waals surface area contributed by atoms with Gasteiger partial charge in [-0.25, -0.2) is 8.42 Å². The molecular weight excluding hydrogens is 484 g/mol. The van der Waals surface area contributed by atoms with Crippen molar-refractivity contribution in [3.63, 3.8) is 0 Å². The number of thiophene rings is 1. The highest BCUT2D eigenvalue weighted by Gasteiger charge is 2.35. The summed E-state index contributed by atoms with van der Waals surface area (Å²) in [5.41, 5.74) is 2.19. The summed E-state index contributed by atoms with van der Waals surface area (Å²) in [6.07, 6.45) is 4.60. The van der Waals surface area contributed by atoms with Gasteiger partial charge in [-0.1, -0.05) is 41.4 Å². The van der Waals surface area contributed by atoms with Crippen molar-refractivity contribution in [3.8, 4) is 10.7 Å². The van der Waals surface area contributed by atoms with E-state index in [0.717, 1.165) is 18.4 Å². The Bertz CT molecular complexity index is 1310. The van der Waals surface area contributed by atoms with Crippen molar-refractivity contribution in [2.24, 2.45) is 5.92 Å². The zero-order valence-corrected chi connectivity index (χ0v) is 21.6. The Morgan fingerprint density at radius 1 is 1.17 bits per heavy atom. The van der Waals surface area contributed by atoms with E-state index in [9.17, 15) is 13.2 Å². The van der Waals surface area contributed by atoms with Crippen LogP contribution in [0.15, 0.2) is 39.8 Å². The minimum absolute atomic E-state index is 0.108. The van der Waals surface area contributed by atoms with E-state index in [-0.39, 0.29) is 23.3 Å². The third-order valence-corrected chi connectivity index (χ3v) is 10.1. The maximum Gasteiger partial charge on any atom is 0.244 e. The summed E-state index contributed by atoms with van der Waals surface area (Å²) in [5.74, 6) is 0.918. The number of nitrogens with zero attached hydrogens (tertiary/aromatic N) is 3. The molecule has 186 valence electrons. The molecule has 3 heterocycles. The quantitative estimate of drug-likeness (QED) is 0.501. The van der Waals surface area contributed by atoms with Gasteiger partial charge in [-0.05, 0) is 51.2 Å². The second-order valence-corrected chi connectivity index (χ2v) is 12.7. The first-order valence-corrected chi connectivity index (χ1v) is 14.3. The molecule has 2 aromatic heterocycles. The van der Waals surface area contributed by atoms with Crippen LogP contribution in [0.1, 0.15) is 59.9 Å². The van der Waals surface area contributed by atoms with Crippen LogP contribution in [0.3, 0.4) is 0 Å². The molecule has 0 spiro atoms. The molecule has 8 nitrogen and oxygen atoms in total. The minimum Gasteiger partial charge on any atom is -0.352 e. The van der Waals surface area contributed by atoms with E-state index in [1.54, 1.807) is 13.0 Å². The molecule has 35 heavy (non-hydrogen) atoms. The van der Waals surface area contributed by atoms with Crippen LogP contribution in [0.4, 0.5) is 0 Å². The van der Waals surface area contributed by atoms with E-state index in [0.29, 0.717) is 53.3 Å². The lowest BCUT2D eigenvalue weighted by atomic mass is 9.85. The largest absolute Gasteiger partial charge is 0.352 e. The van der Waals surface area contributed by atoms with Crippen LogP contribution in [-0.2, 0) is 21.4 Å². The number of carbonyl (C=O) groups is 1. The molecule has 1 saturated heterocycles. The van der Waals surface area contributed by atoms with Gasteiger partial charge in [0.1, 0.15) is 0 Å². The van der Waals surface area contributed by atoms with Gasteiger partial charge in [0.2, 0.25) is 27.6 Å². The Morgan fingerprint density at radius 3 is 2.66 bits per heavy atom. The first-order chi connectivity index (χ1) is 16.8. The highest BCUT2D eigenvalue weighted by Crippen LogP contribution is 2.38. The maximum absolute atomic E-state index is 13.5. The van der Waals surface area contributed by atoms with Crippen LogP contribution < -0.4 is 5.32 Å². The van der Waals surface area contributed by atoms with Crippen molar-refractivity contribution >= 4 is 27.3 Å². The van der Waals surface area contributed by atoms with Crippen molar-refractivity contribution in [2.75, 3.05) is 13.1 Å². The number of aromatic nitrogens is 2. The summed E-state index contributed by atoms with van der Waals surface area (Å²) in [5, 5.41) is 7.06. The highest BCUT2D eigenvalue weighted by atomic mass is 32.2. The van der Waals surface area contributed by atoms with E-state index in [4.69, 9.17) is 4.52 Å². The number of aryl methyl sites for hydroxylation is 2. The molecule has 1 aromatic carbocycles. The van der Waals surface area contributed by atoms with Crippen LogP contribution in [0.25, 0.3) is 10.7 Å². The zero-order valence-electron chi connectivity index (χ0n) is 20.0. The Morgan fingerprint density at radius 2 is 1.94 bits per heavy atom. The Labute approximate surface area is 209 Å². The number of rotatable bonds is 7. The summed E-state index contributed by atoms with van der Waals surface area (Å²) >= 11 is 1.35. The topological polar surface area (TPSA) is 105 Å². The Hall–Kier alpha value is -2.56. The van der Waals surface area contributed by atoms with Gasteiger partial charge < -0.3 is 9.84 Å². The summed E-state index contributed by atoms with van der Waals surface area (Å²) < 4.78 is 33.9. The number of benzene rings is 1. The van der Waals surface area contributed by atoms with E-state index in [1.807, 2.05) is 31.2 Å². The number of hydrogen-bond donors (Lipinski definition) is 1. The average Bonchev–Trinajstić information content (AvgIpc) is 3.44.